The highest BCUT2D eigenvalue weighted by Crippen LogP contribution is 2.52. The summed E-state index contributed by atoms with van der Waals surface area (Å²) in [4.78, 5) is 37.4. The van der Waals surface area contributed by atoms with Crippen molar-refractivity contribution in [1.82, 2.24) is 14.5 Å². The minimum Gasteiger partial charge on any atom is -0.457 e. The molecule has 8 aliphatic heterocycles. The largest absolute Gasteiger partial charge is 0.457 e. The van der Waals surface area contributed by atoms with Crippen LogP contribution in [0.4, 0.5) is 11.4 Å². The molecule has 14 heterocycles. The third-order valence-electron chi connectivity index (χ3n) is 20.2. The average molecular weight is 1600 g/mol. The van der Waals surface area contributed by atoms with Crippen LogP contribution < -0.4 is 22.9 Å². The van der Waals surface area contributed by atoms with E-state index >= 15 is 0 Å². The number of sulfone groups is 4. The van der Waals surface area contributed by atoms with Crippen LogP contribution in [0.3, 0.4) is 0 Å². The van der Waals surface area contributed by atoms with Gasteiger partial charge in [0.25, 0.3) is 24.1 Å². The molecule has 9 aliphatic rings. The summed E-state index contributed by atoms with van der Waals surface area (Å²) in [6.07, 6.45) is 15.0. The Morgan fingerprint density at radius 2 is 0.982 bits per heavy atom. The highest BCUT2D eigenvalue weighted by molar-refractivity contribution is 7.93. The first-order chi connectivity index (χ1) is 51.3. The second-order valence-electron chi connectivity index (χ2n) is 30.3. The van der Waals surface area contributed by atoms with Gasteiger partial charge in [-0.25, -0.2) is 63.3 Å². The summed E-state index contributed by atoms with van der Waals surface area (Å²) in [7, 11) is -12.2. The number of amidine groups is 4. The van der Waals surface area contributed by atoms with Crippen LogP contribution in [-0.2, 0) is 80.5 Å². The number of rotatable bonds is 8. The van der Waals surface area contributed by atoms with Crippen LogP contribution >= 0.6 is 34.0 Å². The maximum Gasteiger partial charge on any atom is 0.283 e. The number of hydrogen-bond acceptors (Lipinski definition) is 25. The van der Waals surface area contributed by atoms with Crippen molar-refractivity contribution < 1.29 is 52.6 Å². The molecule has 109 heavy (non-hydrogen) atoms. The first-order valence-electron chi connectivity index (χ1n) is 34.6. The van der Waals surface area contributed by atoms with E-state index in [1.807, 2.05) is 112 Å². The number of aryl methyl sites for hydroxylation is 1. The van der Waals surface area contributed by atoms with Crippen LogP contribution in [0.5, 0.6) is 0 Å². The molecule has 6 aromatic heterocycles. The summed E-state index contributed by atoms with van der Waals surface area (Å²) in [6.45, 7) is 26.0. The van der Waals surface area contributed by atoms with Crippen molar-refractivity contribution in [1.29, 1.82) is 0 Å². The molecule has 17 rings (SSSR count). The summed E-state index contributed by atoms with van der Waals surface area (Å²) in [6, 6.07) is 27.8. The van der Waals surface area contributed by atoms with Gasteiger partial charge in [0.2, 0.25) is 5.69 Å². The molecule has 0 bridgehead atoms. The SMILES string of the molecule is CC#Cc1cncc(-n2ccc(C3(C)CC4(CS(=O)(=O)C4)OC(N)=N3)c2)c1.CC1(c2cc(-c3cccc(C#CC4CC4)c3)cs2)CC2(CS(=O)(=O)C2)OC(N)=N1.[C-]#[N+]c1cccc(-c2csc(C3(C)CC4(CS(=O)(=O)C4)OC(N)=N3)c2)c1.[C-]#[N+]c1cncc(-c2cc(C)c(C3(C)CC4(CS(=O)(=O)C4)OC(N)=N3)s2)c1. The highest BCUT2D eigenvalue weighted by atomic mass is 32.2. The molecule has 8 N–H and O–H groups in total. The standard InChI is InChI=1S/C22H22N2O3S2.C19H20N4O3S.C18H18N4O3S2.C18H17N3O3S2/c1-21(12-22(27-20(23)24-21)13-29(25,26)14-22)19-10-18(11-28-19)17-4-2-3-16(9-17)8-7-15-5-6-15;1-3-4-14-7-16(9-21-8-14)23-6-5-15(10-23)18(2)11-19(26-17(20)22-18)12-27(24,25)13-19;1-11-4-14(12-5-13(20-3)7-21-6-12)26-15(11)17(2)8-18(25-16(19)22-17)9-27(23,24)10-18;1-17(9-18(24-16(19)21-17)10-26(22,23)11-18)15-7-13(8-25-15)12-4-3-5-14(6-12)20-2/h2-4,9-11,15H,5-6,12-14H2,1H3,(H2,23,24);5-10H,11-13H2,1-2H3,(H2,20,22);4-7H,8-10H2,1-2H3,(H2,19,22);3-8H,9-11H2,1H3,(H2,19,21). The molecule has 25 nitrogen and oxygen atoms in total. The lowest BCUT2D eigenvalue weighted by Crippen LogP contribution is -2.62. The number of pyridine rings is 2. The van der Waals surface area contributed by atoms with Crippen molar-refractivity contribution in [2.24, 2.45) is 48.8 Å². The predicted octanol–water partition coefficient (Wildman–Crippen LogP) is 10.5. The smallest absolute Gasteiger partial charge is 0.283 e. The molecule has 1 aliphatic carbocycles. The van der Waals surface area contributed by atoms with Gasteiger partial charge >= 0.3 is 0 Å². The van der Waals surface area contributed by atoms with Crippen molar-refractivity contribution in [2.75, 3.05) is 46.0 Å². The van der Waals surface area contributed by atoms with Crippen LogP contribution in [-0.4, -0.2) is 141 Å². The lowest BCUT2D eigenvalue weighted by atomic mass is 9.82. The second-order valence-corrected chi connectivity index (χ2v) is 41.5. The fraction of sp³-hybridized carbons (Fsp3) is 0.377. The van der Waals surface area contributed by atoms with Gasteiger partial charge in [0.15, 0.2) is 45.0 Å². The zero-order valence-corrected chi connectivity index (χ0v) is 66.0. The third-order valence-corrected chi connectivity index (χ3v) is 31.8. The van der Waals surface area contributed by atoms with Gasteiger partial charge in [-0.3, -0.25) is 9.97 Å². The zero-order valence-electron chi connectivity index (χ0n) is 60.3. The molecule has 4 atom stereocenters. The van der Waals surface area contributed by atoms with Crippen molar-refractivity contribution in [2.45, 2.75) is 125 Å². The normalized spacial score (nSPS) is 25.6. The predicted molar refractivity (Wildman–Crippen MR) is 424 cm³/mol. The van der Waals surface area contributed by atoms with E-state index in [9.17, 15) is 33.7 Å². The van der Waals surface area contributed by atoms with Crippen LogP contribution in [0.2, 0.25) is 0 Å². The molecule has 2 aromatic carbocycles. The number of hydrogen-bond donors (Lipinski definition) is 4. The molecule has 1 saturated carbocycles. The van der Waals surface area contributed by atoms with Crippen molar-refractivity contribution >= 4 is 109 Å². The molecule has 564 valence electrons. The summed E-state index contributed by atoms with van der Waals surface area (Å²) in [5, 5.41) is 4.13. The monoisotopic (exact) mass is 1600 g/mol. The molecule has 0 amide bonds. The van der Waals surface area contributed by atoms with Gasteiger partial charge in [-0.1, -0.05) is 48.1 Å². The Morgan fingerprint density at radius 1 is 0.514 bits per heavy atom. The number of benzene rings is 2. The molecule has 4 saturated heterocycles. The Kier molecular flexibility index (Phi) is 19.2. The van der Waals surface area contributed by atoms with Gasteiger partial charge in [0.05, 0.1) is 76.6 Å². The lowest BCUT2D eigenvalue weighted by Gasteiger charge is -2.47. The number of thiophene rings is 3. The summed E-state index contributed by atoms with van der Waals surface area (Å²) in [5.41, 5.74) is 28.9. The minimum absolute atomic E-state index is 0.00571. The Morgan fingerprint density at radius 3 is 1.49 bits per heavy atom. The summed E-state index contributed by atoms with van der Waals surface area (Å²) >= 11 is 4.74. The van der Waals surface area contributed by atoms with E-state index in [1.54, 1.807) is 71.7 Å². The van der Waals surface area contributed by atoms with Gasteiger partial charge in [-0.05, 0) is 159 Å². The molecule has 5 fully saturated rings. The van der Waals surface area contributed by atoms with Crippen molar-refractivity contribution in [3.63, 3.8) is 0 Å². The number of nitrogens with two attached hydrogens (primary N) is 4. The number of aromatic nitrogens is 3. The topological polar surface area (TPSA) is 366 Å². The molecule has 4 unspecified atom stereocenters. The van der Waals surface area contributed by atoms with Gasteiger partial charge in [0.1, 0.15) is 39.0 Å². The maximum absolute atomic E-state index is 11.8. The van der Waals surface area contributed by atoms with E-state index < -0.39 is 83.9 Å². The van der Waals surface area contributed by atoms with Crippen LogP contribution in [0.25, 0.3) is 48.1 Å². The van der Waals surface area contributed by atoms with E-state index in [-0.39, 0.29) is 70.1 Å². The quantitative estimate of drug-likeness (QED) is 0.0811. The van der Waals surface area contributed by atoms with Crippen molar-refractivity contribution in [3.05, 3.63) is 193 Å². The zero-order chi connectivity index (χ0) is 77.6. The number of ether oxygens (including phenoxy) is 4. The Hall–Kier alpha value is -9.90. The molecule has 8 aromatic rings. The highest BCUT2D eigenvalue weighted by Gasteiger charge is 2.61. The van der Waals surface area contributed by atoms with E-state index in [2.05, 4.69) is 86.9 Å². The minimum atomic E-state index is -3.07. The molecule has 0 radical (unpaired) electrons. The second kappa shape index (κ2) is 27.6. The summed E-state index contributed by atoms with van der Waals surface area (Å²) in [5.74, 6) is 12.9. The number of nitrogens with zero attached hydrogens (tertiary/aromatic N) is 9. The molecule has 4 spiro atoms. The van der Waals surface area contributed by atoms with Gasteiger partial charge in [0, 0.05) is 93.2 Å². The molecule has 32 heteroatoms. The van der Waals surface area contributed by atoms with Crippen LogP contribution in [0, 0.1) is 49.7 Å². The van der Waals surface area contributed by atoms with Gasteiger partial charge in [-0.2, -0.15) is 0 Å². The maximum atomic E-state index is 11.8. The Balaban J connectivity index is 0.000000121. The van der Waals surface area contributed by atoms with E-state index in [4.69, 9.17) is 55.0 Å². The van der Waals surface area contributed by atoms with Crippen LogP contribution in [0.1, 0.15) is 110 Å². The lowest BCUT2D eigenvalue weighted by molar-refractivity contribution is 0.0312. The fourth-order valence-electron chi connectivity index (χ4n) is 16.0. The Bertz CT molecular complexity index is 5850. The van der Waals surface area contributed by atoms with Crippen molar-refractivity contribution in [3.8, 4) is 62.1 Å². The van der Waals surface area contributed by atoms with Gasteiger partial charge in [-0.15, -0.1) is 39.9 Å². The number of aliphatic imine (C=N–C) groups is 4. The molecular formula is C77H77N13O12S7. The first kappa shape index (κ1) is 75.9. The third kappa shape index (κ3) is 16.3. The van der Waals surface area contributed by atoms with E-state index in [1.165, 1.54) is 19.0 Å². The van der Waals surface area contributed by atoms with Gasteiger partial charge < -0.3 is 46.4 Å². The van der Waals surface area contributed by atoms with E-state index in [0.717, 1.165) is 75.3 Å². The fourth-order valence-corrected chi connectivity index (χ4v) is 26.6. The average Bonchev–Trinajstić information content (AvgIpc) is 1.68. The summed E-state index contributed by atoms with van der Waals surface area (Å²) < 4.78 is 118. The van der Waals surface area contributed by atoms with Crippen LogP contribution in [0.15, 0.2) is 153 Å². The first-order valence-corrected chi connectivity index (χ1v) is 44.5. The molecular weight excluding hydrogens is 1520 g/mol. The van der Waals surface area contributed by atoms with E-state index in [0.29, 0.717) is 43.0 Å². The Labute approximate surface area is 645 Å².